The zero-order chi connectivity index (χ0) is 16.6. The van der Waals surface area contributed by atoms with Gasteiger partial charge in [0, 0.05) is 16.2 Å². The third kappa shape index (κ3) is 2.72. The molecule has 1 aromatic carbocycles. The molecule has 2 aromatic rings. The Kier molecular flexibility index (Phi) is 3.89. The van der Waals surface area contributed by atoms with Crippen molar-refractivity contribution in [2.24, 2.45) is 0 Å². The molecule has 1 fully saturated rings. The van der Waals surface area contributed by atoms with E-state index in [1.54, 1.807) is 37.4 Å². The lowest BCUT2D eigenvalue weighted by Gasteiger charge is -2.21. The van der Waals surface area contributed by atoms with E-state index in [4.69, 9.17) is 0 Å². The summed E-state index contributed by atoms with van der Waals surface area (Å²) in [5.74, 6) is -0.935. The molecule has 0 saturated carbocycles. The number of carbonyl (C=O) groups excluding carboxylic acids is 2. The molecule has 1 saturated heterocycles. The van der Waals surface area contributed by atoms with Gasteiger partial charge >= 0.3 is 6.03 Å². The fourth-order valence-electron chi connectivity index (χ4n) is 2.49. The highest BCUT2D eigenvalue weighted by molar-refractivity contribution is 9.10. The van der Waals surface area contributed by atoms with Crippen LogP contribution in [-0.2, 0) is 16.9 Å². The highest BCUT2D eigenvalue weighted by Crippen LogP contribution is 2.29. The van der Waals surface area contributed by atoms with Gasteiger partial charge in [0.25, 0.3) is 5.91 Å². The first-order valence-electron chi connectivity index (χ1n) is 6.91. The number of benzene rings is 1. The van der Waals surface area contributed by atoms with Crippen LogP contribution in [0.5, 0.6) is 0 Å². The quantitative estimate of drug-likeness (QED) is 0.836. The molecule has 1 unspecified atom stereocenters. The van der Waals surface area contributed by atoms with Gasteiger partial charge in [-0.15, -0.1) is 0 Å². The molecule has 1 N–H and O–H groups in total. The van der Waals surface area contributed by atoms with Crippen molar-refractivity contribution in [3.8, 4) is 0 Å². The number of amides is 3. The van der Waals surface area contributed by atoms with E-state index in [1.165, 1.54) is 12.1 Å². The van der Waals surface area contributed by atoms with E-state index in [0.29, 0.717) is 10.2 Å². The number of rotatable bonds is 3. The van der Waals surface area contributed by atoms with Crippen molar-refractivity contribution >= 4 is 27.9 Å². The molecule has 3 amide bonds. The van der Waals surface area contributed by atoms with E-state index in [0.717, 1.165) is 4.90 Å². The molecular formula is C16H13BrFN3O2. The highest BCUT2D eigenvalue weighted by Gasteiger charge is 2.49. The van der Waals surface area contributed by atoms with Gasteiger partial charge in [0.1, 0.15) is 5.82 Å². The van der Waals surface area contributed by atoms with E-state index >= 15 is 0 Å². The fraction of sp³-hybridized carbons (Fsp3) is 0.188. The Morgan fingerprint density at radius 3 is 2.74 bits per heavy atom. The lowest BCUT2D eigenvalue weighted by Crippen LogP contribution is -2.41. The predicted octanol–water partition coefficient (Wildman–Crippen LogP) is 2.95. The maximum Gasteiger partial charge on any atom is 0.325 e. The van der Waals surface area contributed by atoms with Crippen molar-refractivity contribution < 1.29 is 14.0 Å². The van der Waals surface area contributed by atoms with Gasteiger partial charge in [-0.3, -0.25) is 14.7 Å². The Labute approximate surface area is 140 Å². The molecule has 5 nitrogen and oxygen atoms in total. The van der Waals surface area contributed by atoms with Gasteiger partial charge in [0.15, 0.2) is 5.54 Å². The van der Waals surface area contributed by atoms with E-state index in [9.17, 15) is 14.0 Å². The zero-order valence-corrected chi connectivity index (χ0v) is 13.8. The average Bonchev–Trinajstić information content (AvgIpc) is 2.75. The molecule has 0 bridgehead atoms. The van der Waals surface area contributed by atoms with Crippen molar-refractivity contribution in [1.82, 2.24) is 15.2 Å². The Morgan fingerprint density at radius 1 is 1.30 bits per heavy atom. The van der Waals surface area contributed by atoms with Crippen LogP contribution in [-0.4, -0.2) is 21.8 Å². The highest BCUT2D eigenvalue weighted by atomic mass is 79.9. The van der Waals surface area contributed by atoms with Gasteiger partial charge in [0.2, 0.25) is 0 Å². The molecule has 1 aliphatic rings. The largest absolute Gasteiger partial charge is 0.325 e. The van der Waals surface area contributed by atoms with Crippen LogP contribution < -0.4 is 5.32 Å². The van der Waals surface area contributed by atoms with E-state index in [1.807, 2.05) is 0 Å². The molecule has 118 valence electrons. The number of nitrogens with zero attached hydrogens (tertiary/aromatic N) is 2. The molecule has 0 aliphatic carbocycles. The zero-order valence-electron chi connectivity index (χ0n) is 12.2. The number of hydrogen-bond donors (Lipinski definition) is 1. The van der Waals surface area contributed by atoms with Gasteiger partial charge in [-0.1, -0.05) is 28.1 Å². The summed E-state index contributed by atoms with van der Waals surface area (Å²) in [6.45, 7) is 1.46. The van der Waals surface area contributed by atoms with Crippen molar-refractivity contribution in [3.63, 3.8) is 0 Å². The van der Waals surface area contributed by atoms with Gasteiger partial charge in [-0.2, -0.15) is 0 Å². The normalized spacial score (nSPS) is 20.7. The minimum Gasteiger partial charge on any atom is -0.318 e. The van der Waals surface area contributed by atoms with E-state index in [2.05, 4.69) is 26.2 Å². The van der Waals surface area contributed by atoms with Crippen LogP contribution in [0.15, 0.2) is 47.1 Å². The first-order valence-corrected chi connectivity index (χ1v) is 7.70. The van der Waals surface area contributed by atoms with Crippen LogP contribution >= 0.6 is 15.9 Å². The second kappa shape index (κ2) is 5.73. The monoisotopic (exact) mass is 377 g/mol. The van der Waals surface area contributed by atoms with E-state index in [-0.39, 0.29) is 12.1 Å². The number of aromatic nitrogens is 1. The van der Waals surface area contributed by atoms with Crippen LogP contribution in [0.2, 0.25) is 0 Å². The lowest BCUT2D eigenvalue weighted by atomic mass is 9.97. The van der Waals surface area contributed by atoms with Crippen LogP contribution in [0.4, 0.5) is 9.18 Å². The summed E-state index contributed by atoms with van der Waals surface area (Å²) in [7, 11) is 0. The fourth-order valence-corrected chi connectivity index (χ4v) is 2.83. The van der Waals surface area contributed by atoms with Gasteiger partial charge in [-0.25, -0.2) is 9.18 Å². The number of halogens is 2. The molecule has 1 aromatic heterocycles. The molecule has 23 heavy (non-hydrogen) atoms. The lowest BCUT2D eigenvalue weighted by molar-refractivity contribution is -0.131. The average molecular weight is 378 g/mol. The minimum absolute atomic E-state index is 0.133. The number of urea groups is 1. The van der Waals surface area contributed by atoms with Crippen LogP contribution in [0.1, 0.15) is 18.2 Å². The van der Waals surface area contributed by atoms with Gasteiger partial charge < -0.3 is 5.32 Å². The molecule has 0 spiro atoms. The number of carbonyl (C=O) groups is 2. The van der Waals surface area contributed by atoms with Crippen molar-refractivity contribution in [2.75, 3.05) is 0 Å². The maximum absolute atomic E-state index is 14.0. The molecule has 1 aliphatic heterocycles. The molecular weight excluding hydrogens is 365 g/mol. The van der Waals surface area contributed by atoms with Crippen LogP contribution in [0.3, 0.4) is 0 Å². The SMILES string of the molecule is CC1(c2ccccn2)NC(=O)N(Cc2ccc(Br)cc2F)C1=O. The number of pyridine rings is 1. The minimum atomic E-state index is -1.25. The predicted molar refractivity (Wildman–Crippen MR) is 84.8 cm³/mol. The summed E-state index contributed by atoms with van der Waals surface area (Å²) in [5, 5.41) is 2.64. The summed E-state index contributed by atoms with van der Waals surface area (Å²) < 4.78 is 14.6. The summed E-state index contributed by atoms with van der Waals surface area (Å²) in [4.78, 5) is 30.0. The second-order valence-corrected chi connectivity index (χ2v) is 6.31. The van der Waals surface area contributed by atoms with Crippen molar-refractivity contribution in [2.45, 2.75) is 19.0 Å². The standard InChI is InChI=1S/C16H13BrFN3O2/c1-16(13-4-2-3-7-19-13)14(22)21(15(23)20-16)9-10-5-6-11(17)8-12(10)18/h2-8H,9H2,1H3,(H,20,23). The molecule has 0 radical (unpaired) electrons. The molecule has 2 heterocycles. The number of nitrogens with one attached hydrogen (secondary N) is 1. The first kappa shape index (κ1) is 15.6. The molecule has 7 heteroatoms. The Balaban J connectivity index is 1.90. The Hall–Kier alpha value is -2.28. The second-order valence-electron chi connectivity index (χ2n) is 5.40. The van der Waals surface area contributed by atoms with Crippen molar-refractivity contribution in [1.29, 1.82) is 0 Å². The summed E-state index contributed by atoms with van der Waals surface area (Å²) in [5.41, 5.74) is -0.538. The summed E-state index contributed by atoms with van der Waals surface area (Å²) >= 11 is 3.17. The number of hydrogen-bond acceptors (Lipinski definition) is 3. The molecule has 1 atom stereocenters. The number of imide groups is 1. The van der Waals surface area contributed by atoms with Crippen LogP contribution in [0, 0.1) is 5.82 Å². The maximum atomic E-state index is 14.0. The van der Waals surface area contributed by atoms with Crippen molar-refractivity contribution in [3.05, 3.63) is 64.1 Å². The van der Waals surface area contributed by atoms with Crippen LogP contribution in [0.25, 0.3) is 0 Å². The summed E-state index contributed by atoms with van der Waals surface area (Å²) in [6, 6.07) is 9.07. The molecule has 3 rings (SSSR count). The topological polar surface area (TPSA) is 62.3 Å². The smallest absolute Gasteiger partial charge is 0.318 e. The van der Waals surface area contributed by atoms with Gasteiger partial charge in [0.05, 0.1) is 12.2 Å². The van der Waals surface area contributed by atoms with E-state index < -0.39 is 23.3 Å². The van der Waals surface area contributed by atoms with Gasteiger partial charge in [-0.05, 0) is 31.2 Å². The third-order valence-corrected chi connectivity index (χ3v) is 4.29. The first-order chi connectivity index (χ1) is 10.9. The Morgan fingerprint density at radius 2 is 2.09 bits per heavy atom. The Bertz CT molecular complexity index is 784. The summed E-state index contributed by atoms with van der Waals surface area (Å²) in [6.07, 6.45) is 1.55. The third-order valence-electron chi connectivity index (χ3n) is 3.80.